The van der Waals surface area contributed by atoms with Gasteiger partial charge in [0.05, 0.1) is 0 Å². The molecule has 5 aliphatic carbocycles. The molecule has 0 spiro atoms. The van der Waals surface area contributed by atoms with Crippen molar-refractivity contribution in [1.82, 2.24) is 0 Å². The van der Waals surface area contributed by atoms with E-state index in [1.54, 1.807) is 13.8 Å². The third-order valence-electron chi connectivity index (χ3n) is 9.76. The van der Waals surface area contributed by atoms with Gasteiger partial charge in [0.15, 0.2) is 17.2 Å². The first-order chi connectivity index (χ1) is 14.1. The molecule has 3 saturated carbocycles. The van der Waals surface area contributed by atoms with Gasteiger partial charge >= 0.3 is 5.97 Å². The lowest BCUT2D eigenvalue weighted by Gasteiger charge is -2.57. The van der Waals surface area contributed by atoms with Gasteiger partial charge in [-0.15, -0.1) is 0 Å². The molecule has 0 aromatic carbocycles. The fourth-order valence-corrected chi connectivity index (χ4v) is 8.45. The summed E-state index contributed by atoms with van der Waals surface area (Å²) < 4.78 is 5.97. The minimum absolute atomic E-state index is 0.0315. The predicted molar refractivity (Wildman–Crippen MR) is 114 cm³/mol. The van der Waals surface area contributed by atoms with Gasteiger partial charge in [-0.05, 0) is 74.3 Å². The van der Waals surface area contributed by atoms with Crippen molar-refractivity contribution in [3.63, 3.8) is 0 Å². The van der Waals surface area contributed by atoms with Crippen LogP contribution >= 0.6 is 11.6 Å². The van der Waals surface area contributed by atoms with E-state index < -0.39 is 5.60 Å². The van der Waals surface area contributed by atoms with Crippen LogP contribution in [0.25, 0.3) is 0 Å². The lowest BCUT2D eigenvalue weighted by Crippen LogP contribution is -2.58. The standard InChI is InChI=1S/C25H31ClO4/c1-5-22(29)30-25(13(2)27)9-7-16-14-11-20(26)19-12-21(28)15-10-18(15)24(19,4)17(14)6-8-23(16,25)3/h11-12,14-18H,5-10H2,1-4H3/t14-,15?,16-,17-,18?,23-,24-,25-/m0/s1. The van der Waals surface area contributed by atoms with Gasteiger partial charge < -0.3 is 4.74 Å². The maximum Gasteiger partial charge on any atom is 0.306 e. The van der Waals surface area contributed by atoms with Crippen LogP contribution in [-0.2, 0) is 19.1 Å². The number of esters is 1. The third kappa shape index (κ3) is 2.32. The largest absolute Gasteiger partial charge is 0.450 e. The van der Waals surface area contributed by atoms with Crippen LogP contribution in [0.2, 0.25) is 0 Å². The van der Waals surface area contributed by atoms with E-state index in [2.05, 4.69) is 19.9 Å². The summed E-state index contributed by atoms with van der Waals surface area (Å²) in [6.07, 6.45) is 8.49. The van der Waals surface area contributed by atoms with E-state index >= 15 is 0 Å². The quantitative estimate of drug-likeness (QED) is 0.591. The van der Waals surface area contributed by atoms with Gasteiger partial charge in [-0.3, -0.25) is 14.4 Å². The summed E-state index contributed by atoms with van der Waals surface area (Å²) in [6.45, 7) is 7.83. The van der Waals surface area contributed by atoms with Crippen LogP contribution in [0, 0.1) is 40.4 Å². The van der Waals surface area contributed by atoms with Gasteiger partial charge in [0.2, 0.25) is 0 Å². The van der Waals surface area contributed by atoms with E-state index in [0.717, 1.165) is 31.3 Å². The molecule has 0 aromatic rings. The van der Waals surface area contributed by atoms with E-state index in [0.29, 0.717) is 23.3 Å². The zero-order chi connectivity index (χ0) is 21.6. The second kappa shape index (κ2) is 6.31. The number of carbonyl (C=O) groups excluding carboxylic acids is 3. The summed E-state index contributed by atoms with van der Waals surface area (Å²) >= 11 is 6.81. The molecule has 4 nitrogen and oxygen atoms in total. The van der Waals surface area contributed by atoms with Crippen LogP contribution < -0.4 is 0 Å². The molecule has 0 saturated heterocycles. The molecule has 0 aromatic heterocycles. The average Bonchev–Trinajstić information content (AvgIpc) is 3.45. The fourth-order valence-electron chi connectivity index (χ4n) is 8.05. The number of carbonyl (C=O) groups is 3. The number of fused-ring (bicyclic) bond motifs is 7. The van der Waals surface area contributed by atoms with Crippen molar-refractivity contribution in [2.75, 3.05) is 0 Å². The number of ether oxygens (including phenoxy) is 1. The summed E-state index contributed by atoms with van der Waals surface area (Å²) in [6, 6.07) is 0. The Morgan fingerprint density at radius 1 is 1.17 bits per heavy atom. The second-order valence-corrected chi connectivity index (χ2v) is 11.1. The van der Waals surface area contributed by atoms with Gasteiger partial charge in [-0.1, -0.05) is 38.4 Å². The van der Waals surface area contributed by atoms with E-state index in [1.807, 2.05) is 6.08 Å². The SMILES string of the molecule is CCC(=O)O[C@]1(C(C)=O)CC[C@H]2[C@@H]3C=C(Cl)C4=CC(=O)C5CC5[C@]4(C)[C@H]3CC[C@@]21C. The van der Waals surface area contributed by atoms with Crippen molar-refractivity contribution in [1.29, 1.82) is 0 Å². The Kier molecular flexibility index (Phi) is 4.31. The minimum atomic E-state index is -1.03. The summed E-state index contributed by atoms with van der Waals surface area (Å²) in [7, 11) is 0. The summed E-state index contributed by atoms with van der Waals surface area (Å²) in [5, 5.41) is 0.715. The maximum atomic E-state index is 12.9. The molecule has 0 radical (unpaired) electrons. The van der Waals surface area contributed by atoms with Crippen molar-refractivity contribution in [2.24, 2.45) is 40.4 Å². The van der Waals surface area contributed by atoms with Crippen molar-refractivity contribution in [2.45, 2.75) is 71.8 Å². The number of halogens is 1. The zero-order valence-electron chi connectivity index (χ0n) is 18.3. The molecule has 162 valence electrons. The topological polar surface area (TPSA) is 60.4 Å². The highest BCUT2D eigenvalue weighted by atomic mass is 35.5. The van der Waals surface area contributed by atoms with Gasteiger partial charge in [-0.25, -0.2) is 0 Å². The van der Waals surface area contributed by atoms with Gasteiger partial charge in [0.1, 0.15) is 0 Å². The lowest BCUT2D eigenvalue weighted by atomic mass is 9.47. The summed E-state index contributed by atoms with van der Waals surface area (Å²) in [5.41, 5.74) is -0.454. The fraction of sp³-hybridized carbons (Fsp3) is 0.720. The Morgan fingerprint density at radius 2 is 1.87 bits per heavy atom. The molecule has 0 bridgehead atoms. The molecular weight excluding hydrogens is 400 g/mol. The Balaban J connectivity index is 1.58. The van der Waals surface area contributed by atoms with Crippen molar-refractivity contribution in [3.05, 3.63) is 22.8 Å². The van der Waals surface area contributed by atoms with E-state index in [4.69, 9.17) is 16.3 Å². The van der Waals surface area contributed by atoms with Crippen LogP contribution in [0.4, 0.5) is 0 Å². The summed E-state index contributed by atoms with van der Waals surface area (Å²) in [4.78, 5) is 37.6. The Bertz CT molecular complexity index is 918. The van der Waals surface area contributed by atoms with Crippen molar-refractivity contribution < 1.29 is 19.1 Å². The molecule has 30 heavy (non-hydrogen) atoms. The predicted octanol–water partition coefficient (Wildman–Crippen LogP) is 5.00. The highest BCUT2D eigenvalue weighted by molar-refractivity contribution is 6.32. The summed E-state index contributed by atoms with van der Waals surface area (Å²) in [5.74, 6) is 1.37. The maximum absolute atomic E-state index is 12.9. The normalized spacial score (nSPS) is 48.4. The first-order valence-corrected chi connectivity index (χ1v) is 11.8. The molecule has 5 rings (SSSR count). The van der Waals surface area contributed by atoms with E-state index in [9.17, 15) is 14.4 Å². The highest BCUT2D eigenvalue weighted by Crippen LogP contribution is 2.72. The molecule has 2 unspecified atom stereocenters. The molecular formula is C25H31ClO4. The number of allylic oxidation sites excluding steroid dienone is 4. The first kappa shape index (κ1) is 20.5. The van der Waals surface area contributed by atoms with Gasteiger partial charge in [0.25, 0.3) is 0 Å². The van der Waals surface area contributed by atoms with Gasteiger partial charge in [-0.2, -0.15) is 0 Å². The minimum Gasteiger partial charge on any atom is -0.450 e. The van der Waals surface area contributed by atoms with Crippen LogP contribution in [0.5, 0.6) is 0 Å². The number of hydrogen-bond donors (Lipinski definition) is 0. The monoisotopic (exact) mass is 430 g/mol. The number of ketones is 2. The molecule has 8 atom stereocenters. The van der Waals surface area contributed by atoms with Crippen molar-refractivity contribution >= 4 is 29.1 Å². The molecule has 0 aliphatic heterocycles. The molecule has 0 N–H and O–H groups in total. The number of hydrogen-bond acceptors (Lipinski definition) is 4. The Morgan fingerprint density at radius 3 is 2.53 bits per heavy atom. The lowest BCUT2D eigenvalue weighted by molar-refractivity contribution is -0.186. The van der Waals surface area contributed by atoms with Gasteiger partial charge in [0, 0.05) is 28.2 Å². The zero-order valence-corrected chi connectivity index (χ0v) is 19.1. The second-order valence-electron chi connectivity index (χ2n) is 10.7. The van der Waals surface area contributed by atoms with E-state index in [1.165, 1.54) is 0 Å². The third-order valence-corrected chi connectivity index (χ3v) is 10.1. The molecule has 5 aliphatic rings. The Hall–Kier alpha value is -1.42. The Labute approximate surface area is 183 Å². The molecule has 3 fully saturated rings. The molecule has 5 heteroatoms. The highest BCUT2D eigenvalue weighted by Gasteiger charge is 2.70. The number of rotatable bonds is 3. The molecule has 0 amide bonds. The van der Waals surface area contributed by atoms with Crippen LogP contribution in [-0.4, -0.2) is 23.1 Å². The van der Waals surface area contributed by atoms with Crippen LogP contribution in [0.1, 0.15) is 66.2 Å². The van der Waals surface area contributed by atoms with Crippen LogP contribution in [0.3, 0.4) is 0 Å². The smallest absolute Gasteiger partial charge is 0.306 e. The number of Topliss-reactive ketones (excluding diaryl/α,β-unsaturated/α-hetero) is 1. The molecule has 0 heterocycles. The van der Waals surface area contributed by atoms with E-state index in [-0.39, 0.29) is 52.5 Å². The van der Waals surface area contributed by atoms with Crippen molar-refractivity contribution in [3.8, 4) is 0 Å². The van der Waals surface area contributed by atoms with Crippen LogP contribution in [0.15, 0.2) is 22.8 Å². The first-order valence-electron chi connectivity index (χ1n) is 11.5. The average molecular weight is 431 g/mol.